The van der Waals surface area contributed by atoms with Crippen molar-refractivity contribution in [1.29, 1.82) is 5.26 Å². The molecule has 1 atom stereocenters. The largest absolute Gasteiger partial charge is 0.460 e. The summed E-state index contributed by atoms with van der Waals surface area (Å²) in [5.41, 5.74) is 0.642. The van der Waals surface area contributed by atoms with Gasteiger partial charge in [-0.1, -0.05) is 48.5 Å². The van der Waals surface area contributed by atoms with Gasteiger partial charge >= 0.3 is 6.01 Å². The van der Waals surface area contributed by atoms with Gasteiger partial charge in [-0.05, 0) is 31.3 Å². The number of halogens is 3. The van der Waals surface area contributed by atoms with Crippen LogP contribution in [0.15, 0.2) is 55.0 Å². The maximum absolute atomic E-state index is 16.6. The molecule has 0 spiro atoms. The number of piperidine rings is 1. The number of amides is 1. The molecule has 2 aromatic carbocycles. The van der Waals surface area contributed by atoms with E-state index < -0.39 is 23.6 Å². The molecule has 2 aromatic heterocycles. The maximum Gasteiger partial charge on any atom is 0.319 e. The number of aromatic nitrogens is 3. The molecule has 4 heterocycles. The molecule has 0 unspecified atom stereocenters. The zero-order valence-electron chi connectivity index (χ0n) is 24.1. The SMILES string of the molecule is C=C(F)C(=O)N1CCN(c2nc(OC3CCN(C)CC3)nc3c(F)c(-c4cccc5cccc(Cl)c45)ncc23)C[C@@H]1CC#N. The summed E-state index contributed by atoms with van der Waals surface area (Å²) in [4.78, 5) is 31.6. The molecule has 44 heavy (non-hydrogen) atoms. The first-order valence-electron chi connectivity index (χ1n) is 14.4. The van der Waals surface area contributed by atoms with Gasteiger partial charge in [-0.15, -0.1) is 0 Å². The third-order valence-electron chi connectivity index (χ3n) is 8.29. The minimum absolute atomic E-state index is 0.0273. The number of carbonyl (C=O) groups is 1. The number of hydrogen-bond donors (Lipinski definition) is 0. The predicted octanol–water partition coefficient (Wildman–Crippen LogP) is 5.52. The summed E-state index contributed by atoms with van der Waals surface area (Å²) in [5, 5.41) is 11.8. The fourth-order valence-electron chi connectivity index (χ4n) is 6.00. The maximum atomic E-state index is 16.6. The van der Waals surface area contributed by atoms with Gasteiger partial charge in [0.25, 0.3) is 5.91 Å². The van der Waals surface area contributed by atoms with Gasteiger partial charge in [0, 0.05) is 54.9 Å². The third kappa shape index (κ3) is 5.63. The van der Waals surface area contributed by atoms with E-state index in [0.717, 1.165) is 31.3 Å². The quantitative estimate of drug-likeness (QED) is 0.261. The van der Waals surface area contributed by atoms with Crippen LogP contribution >= 0.6 is 11.6 Å². The minimum Gasteiger partial charge on any atom is -0.460 e. The van der Waals surface area contributed by atoms with Crippen LogP contribution in [0.5, 0.6) is 6.01 Å². The number of nitriles is 1. The summed E-state index contributed by atoms with van der Waals surface area (Å²) < 4.78 is 36.6. The summed E-state index contributed by atoms with van der Waals surface area (Å²) in [5.74, 6) is -2.23. The van der Waals surface area contributed by atoms with E-state index in [2.05, 4.69) is 27.5 Å². The topological polar surface area (TPSA) is 98.5 Å². The summed E-state index contributed by atoms with van der Waals surface area (Å²) in [6.45, 7) is 5.36. The van der Waals surface area contributed by atoms with Crippen molar-refractivity contribution in [2.75, 3.05) is 44.7 Å². The van der Waals surface area contributed by atoms with E-state index in [0.29, 0.717) is 27.2 Å². The highest BCUT2D eigenvalue weighted by molar-refractivity contribution is 6.36. The molecule has 0 bridgehead atoms. The summed E-state index contributed by atoms with van der Waals surface area (Å²) in [6.07, 6.45) is 2.89. The number of nitrogens with zero attached hydrogens (tertiary/aromatic N) is 7. The molecule has 2 saturated heterocycles. The van der Waals surface area contributed by atoms with Crippen LogP contribution in [0, 0.1) is 17.1 Å². The standard InChI is InChI=1S/C32H30ClF2N7O2/c1-19(34)31(43)42-16-15-41(18-21(42)9-12-36)30-24-17-37-28(23-7-3-5-20-6-4-8-25(33)26(20)23)27(35)29(24)38-32(39-30)44-22-10-13-40(2)14-11-22/h3-8,17,21-22H,1,9-11,13-16,18H2,2H3/t21-/m0/s1. The van der Waals surface area contributed by atoms with Gasteiger partial charge in [-0.3, -0.25) is 9.78 Å². The fourth-order valence-corrected chi connectivity index (χ4v) is 6.28. The van der Waals surface area contributed by atoms with E-state index in [-0.39, 0.29) is 49.4 Å². The number of benzene rings is 2. The highest BCUT2D eigenvalue weighted by Crippen LogP contribution is 2.38. The van der Waals surface area contributed by atoms with Gasteiger partial charge in [0.05, 0.1) is 23.9 Å². The first-order chi connectivity index (χ1) is 21.2. The number of pyridine rings is 1. The lowest BCUT2D eigenvalue weighted by Crippen LogP contribution is -2.55. The van der Waals surface area contributed by atoms with Gasteiger partial charge in [0.2, 0.25) is 0 Å². The molecule has 4 aromatic rings. The number of piperazine rings is 1. The Kier molecular flexibility index (Phi) is 8.29. The summed E-state index contributed by atoms with van der Waals surface area (Å²) in [6, 6.07) is 12.4. The molecule has 9 nitrogen and oxygen atoms in total. The molecular weight excluding hydrogens is 588 g/mol. The first kappa shape index (κ1) is 29.7. The Balaban J connectivity index is 1.46. The van der Waals surface area contributed by atoms with Gasteiger partial charge < -0.3 is 19.4 Å². The zero-order chi connectivity index (χ0) is 31.0. The Hall–Kier alpha value is -4.40. The molecule has 2 fully saturated rings. The minimum atomic E-state index is -1.09. The third-order valence-corrected chi connectivity index (χ3v) is 8.61. The molecule has 12 heteroatoms. The molecule has 2 aliphatic heterocycles. The molecule has 6 rings (SSSR count). The fraction of sp³-hybridized carbons (Fsp3) is 0.344. The first-order valence-corrected chi connectivity index (χ1v) is 14.8. The Bertz CT molecular complexity index is 1800. The Morgan fingerprint density at radius 1 is 1.16 bits per heavy atom. The van der Waals surface area contributed by atoms with Crippen LogP contribution in [0.1, 0.15) is 19.3 Å². The number of ether oxygens (including phenoxy) is 1. The van der Waals surface area contributed by atoms with Crippen molar-refractivity contribution < 1.29 is 18.3 Å². The normalized spacial score (nSPS) is 18.0. The van der Waals surface area contributed by atoms with E-state index in [9.17, 15) is 14.4 Å². The van der Waals surface area contributed by atoms with Crippen LogP contribution in [0.3, 0.4) is 0 Å². The van der Waals surface area contributed by atoms with E-state index in [1.807, 2.05) is 36.2 Å². The molecular formula is C32H30ClF2N7O2. The van der Waals surface area contributed by atoms with Crippen LogP contribution in [0.25, 0.3) is 32.9 Å². The van der Waals surface area contributed by atoms with E-state index >= 15 is 4.39 Å². The number of fused-ring (bicyclic) bond motifs is 2. The second-order valence-corrected chi connectivity index (χ2v) is 11.5. The van der Waals surface area contributed by atoms with Crippen molar-refractivity contribution >= 4 is 45.0 Å². The molecule has 226 valence electrons. The lowest BCUT2D eigenvalue weighted by Gasteiger charge is -2.41. The predicted molar refractivity (Wildman–Crippen MR) is 165 cm³/mol. The van der Waals surface area contributed by atoms with Gasteiger partial charge in [-0.2, -0.15) is 15.2 Å². The van der Waals surface area contributed by atoms with Crippen molar-refractivity contribution in [2.45, 2.75) is 31.4 Å². The summed E-state index contributed by atoms with van der Waals surface area (Å²) >= 11 is 6.56. The van der Waals surface area contributed by atoms with E-state index in [1.54, 1.807) is 12.1 Å². The number of hydrogen-bond acceptors (Lipinski definition) is 8. The van der Waals surface area contributed by atoms with Crippen LogP contribution in [0.2, 0.25) is 5.02 Å². The molecule has 2 aliphatic rings. The summed E-state index contributed by atoms with van der Waals surface area (Å²) in [7, 11) is 2.05. The highest BCUT2D eigenvalue weighted by Gasteiger charge is 2.34. The van der Waals surface area contributed by atoms with Crippen LogP contribution in [0.4, 0.5) is 14.6 Å². The number of carbonyl (C=O) groups excluding carboxylic acids is 1. The van der Waals surface area contributed by atoms with Gasteiger partial charge in [-0.25, -0.2) is 8.78 Å². The van der Waals surface area contributed by atoms with Crippen molar-refractivity contribution in [3.05, 3.63) is 65.8 Å². The second kappa shape index (κ2) is 12.3. The van der Waals surface area contributed by atoms with Crippen molar-refractivity contribution in [3.8, 4) is 23.3 Å². The lowest BCUT2D eigenvalue weighted by atomic mass is 10.0. The molecule has 1 amide bonds. The van der Waals surface area contributed by atoms with Crippen LogP contribution in [-0.2, 0) is 4.79 Å². The Morgan fingerprint density at radius 2 is 1.91 bits per heavy atom. The van der Waals surface area contributed by atoms with Gasteiger partial charge in [0.1, 0.15) is 23.1 Å². The molecule has 0 saturated carbocycles. The molecule has 0 N–H and O–H groups in total. The highest BCUT2D eigenvalue weighted by atomic mass is 35.5. The Labute approximate surface area is 258 Å². The van der Waals surface area contributed by atoms with Crippen molar-refractivity contribution in [3.63, 3.8) is 0 Å². The zero-order valence-corrected chi connectivity index (χ0v) is 24.9. The average Bonchev–Trinajstić information content (AvgIpc) is 3.02. The number of likely N-dealkylation sites (tertiary alicyclic amines) is 1. The smallest absolute Gasteiger partial charge is 0.319 e. The van der Waals surface area contributed by atoms with Crippen molar-refractivity contribution in [1.82, 2.24) is 24.8 Å². The molecule has 0 aliphatic carbocycles. The van der Waals surface area contributed by atoms with Crippen molar-refractivity contribution in [2.24, 2.45) is 0 Å². The monoisotopic (exact) mass is 617 g/mol. The van der Waals surface area contributed by atoms with E-state index in [4.69, 9.17) is 21.3 Å². The van der Waals surface area contributed by atoms with Crippen LogP contribution < -0.4 is 9.64 Å². The lowest BCUT2D eigenvalue weighted by molar-refractivity contribution is -0.131. The average molecular weight is 618 g/mol. The number of anilines is 1. The van der Waals surface area contributed by atoms with Gasteiger partial charge in [0.15, 0.2) is 11.6 Å². The van der Waals surface area contributed by atoms with E-state index in [1.165, 1.54) is 11.1 Å². The molecule has 0 radical (unpaired) electrons. The van der Waals surface area contributed by atoms with Crippen LogP contribution in [-0.4, -0.2) is 82.6 Å². The second-order valence-electron chi connectivity index (χ2n) is 11.1. The Morgan fingerprint density at radius 3 is 2.64 bits per heavy atom. The number of rotatable bonds is 6.